The molecule has 3 fully saturated rings. The number of ketones is 1. The van der Waals surface area contributed by atoms with Crippen molar-refractivity contribution in [3.05, 3.63) is 41.4 Å². The minimum absolute atomic E-state index is 0.00509. The Kier molecular flexibility index (Phi) is 7.90. The molecule has 1 aliphatic carbocycles. The molecule has 0 radical (unpaired) electrons. The first kappa shape index (κ1) is 23.7. The molecule has 0 amide bonds. The number of benzene rings is 1. The zero-order chi connectivity index (χ0) is 22.6. The van der Waals surface area contributed by atoms with Crippen molar-refractivity contribution in [3.8, 4) is 5.75 Å². The Balaban J connectivity index is 1.42. The molecule has 6 nitrogen and oxygen atoms in total. The van der Waals surface area contributed by atoms with Gasteiger partial charge in [-0.1, -0.05) is 23.7 Å². The summed E-state index contributed by atoms with van der Waals surface area (Å²) < 4.78 is 29.9. The van der Waals surface area contributed by atoms with E-state index in [-0.39, 0.29) is 42.7 Å². The van der Waals surface area contributed by atoms with Gasteiger partial charge in [-0.25, -0.2) is 0 Å². The summed E-state index contributed by atoms with van der Waals surface area (Å²) in [5, 5.41) is 0.573. The van der Waals surface area contributed by atoms with Crippen molar-refractivity contribution in [2.75, 3.05) is 19.8 Å². The van der Waals surface area contributed by atoms with Gasteiger partial charge in [0.15, 0.2) is 24.5 Å². The molecule has 1 aromatic carbocycles. The van der Waals surface area contributed by atoms with Crippen LogP contribution in [0.5, 0.6) is 5.75 Å². The molecule has 1 saturated carbocycles. The summed E-state index contributed by atoms with van der Waals surface area (Å²) in [4.78, 5) is 12.5. The van der Waals surface area contributed by atoms with Crippen LogP contribution in [-0.2, 0) is 23.7 Å². The number of carbonyl (C=O) groups excluding carboxylic acids is 1. The van der Waals surface area contributed by atoms with Crippen molar-refractivity contribution >= 4 is 17.4 Å². The van der Waals surface area contributed by atoms with Crippen molar-refractivity contribution in [1.82, 2.24) is 0 Å². The van der Waals surface area contributed by atoms with Crippen LogP contribution in [0, 0.1) is 11.8 Å². The molecule has 1 aromatic rings. The highest BCUT2D eigenvalue weighted by molar-refractivity contribution is 6.30. The van der Waals surface area contributed by atoms with Crippen LogP contribution in [0.3, 0.4) is 0 Å². The lowest BCUT2D eigenvalue weighted by atomic mass is 9.74. The van der Waals surface area contributed by atoms with Gasteiger partial charge in [-0.3, -0.25) is 4.79 Å². The van der Waals surface area contributed by atoms with Crippen LogP contribution in [0.15, 0.2) is 36.4 Å². The third-order valence-electron chi connectivity index (χ3n) is 6.34. The fourth-order valence-corrected chi connectivity index (χ4v) is 4.92. The lowest BCUT2D eigenvalue weighted by Gasteiger charge is -2.49. The molecule has 5 atom stereocenters. The van der Waals surface area contributed by atoms with Gasteiger partial charge in [0.1, 0.15) is 5.75 Å². The molecule has 2 heterocycles. The molecule has 2 aliphatic heterocycles. The van der Waals surface area contributed by atoms with Crippen LogP contribution >= 0.6 is 11.6 Å². The van der Waals surface area contributed by atoms with Gasteiger partial charge in [0, 0.05) is 23.5 Å². The van der Waals surface area contributed by atoms with Gasteiger partial charge in [-0.05, 0) is 70.2 Å². The van der Waals surface area contributed by atoms with Crippen molar-refractivity contribution in [3.63, 3.8) is 0 Å². The molecule has 1 unspecified atom stereocenters. The van der Waals surface area contributed by atoms with Crippen LogP contribution < -0.4 is 4.74 Å². The number of carbonyl (C=O) groups is 1. The van der Waals surface area contributed by atoms with E-state index in [1.165, 1.54) is 0 Å². The Morgan fingerprint density at radius 2 is 2.12 bits per heavy atom. The summed E-state index contributed by atoms with van der Waals surface area (Å²) >= 11 is 5.98. The Hall–Kier alpha value is -1.44. The lowest BCUT2D eigenvalue weighted by molar-refractivity contribution is -0.314. The number of halogens is 1. The summed E-state index contributed by atoms with van der Waals surface area (Å²) in [7, 11) is 0. The van der Waals surface area contributed by atoms with Crippen molar-refractivity contribution in [2.45, 2.75) is 70.2 Å². The maximum absolute atomic E-state index is 12.5. The highest BCUT2D eigenvalue weighted by atomic mass is 35.5. The van der Waals surface area contributed by atoms with E-state index in [2.05, 4.69) is 0 Å². The molecule has 0 spiro atoms. The highest BCUT2D eigenvalue weighted by Crippen LogP contribution is 2.41. The smallest absolute Gasteiger partial charge is 0.192 e. The number of ether oxygens (including phenoxy) is 5. The van der Waals surface area contributed by atoms with E-state index in [0.717, 1.165) is 38.7 Å². The van der Waals surface area contributed by atoms with Crippen molar-refractivity contribution in [2.24, 2.45) is 11.8 Å². The highest BCUT2D eigenvalue weighted by Gasteiger charge is 2.46. The second kappa shape index (κ2) is 10.7. The van der Waals surface area contributed by atoms with Gasteiger partial charge in [-0.2, -0.15) is 0 Å². The SMILES string of the molecule is CC1(C)OC[C@@H]2[C@@H](/C=C/C(=O)COc3cccc(Cl)c3)[C@H](OC3CCCCO3)CC[C@@H]2O1. The van der Waals surface area contributed by atoms with E-state index in [1.54, 1.807) is 30.3 Å². The Morgan fingerprint density at radius 1 is 1.25 bits per heavy atom. The quantitative estimate of drug-likeness (QED) is 0.533. The minimum atomic E-state index is -0.587. The first-order valence-corrected chi connectivity index (χ1v) is 12.0. The first-order valence-electron chi connectivity index (χ1n) is 11.6. The van der Waals surface area contributed by atoms with Crippen LogP contribution in [0.2, 0.25) is 5.02 Å². The average molecular weight is 465 g/mol. The average Bonchev–Trinajstić information content (AvgIpc) is 2.77. The molecule has 3 aliphatic rings. The largest absolute Gasteiger partial charge is 0.485 e. The Bertz CT molecular complexity index is 803. The number of rotatable bonds is 7. The topological polar surface area (TPSA) is 63.2 Å². The number of hydrogen-bond acceptors (Lipinski definition) is 6. The van der Waals surface area contributed by atoms with Gasteiger partial charge in [-0.15, -0.1) is 0 Å². The van der Waals surface area contributed by atoms with E-state index in [0.29, 0.717) is 17.4 Å². The summed E-state index contributed by atoms with van der Waals surface area (Å²) in [6.07, 6.45) is 8.31. The second-order valence-electron chi connectivity index (χ2n) is 9.23. The normalized spacial score (nSPS) is 32.4. The van der Waals surface area contributed by atoms with E-state index in [1.807, 2.05) is 19.9 Å². The zero-order valence-corrected chi connectivity index (χ0v) is 19.6. The third kappa shape index (κ3) is 6.33. The zero-order valence-electron chi connectivity index (χ0n) is 18.8. The van der Waals surface area contributed by atoms with Crippen LogP contribution in [0.25, 0.3) is 0 Å². The number of fused-ring (bicyclic) bond motifs is 1. The standard InChI is InChI=1S/C25H33ClO6/c1-25(2)30-16-21-20(10-9-18(27)15-29-19-7-5-6-17(26)14-19)22(11-12-23(21)32-25)31-24-8-3-4-13-28-24/h5-7,9-10,14,20-24H,3-4,8,11-13,15-16H2,1-2H3/b10-9+/t20-,21-,22-,23+,24?/m1/s1. The van der Waals surface area contributed by atoms with Gasteiger partial charge >= 0.3 is 0 Å². The predicted molar refractivity (Wildman–Crippen MR) is 121 cm³/mol. The van der Waals surface area contributed by atoms with E-state index in [9.17, 15) is 4.79 Å². The maximum atomic E-state index is 12.5. The molecular weight excluding hydrogens is 432 g/mol. The molecular formula is C25H33ClO6. The van der Waals surface area contributed by atoms with Gasteiger partial charge in [0.05, 0.1) is 18.8 Å². The van der Waals surface area contributed by atoms with E-state index < -0.39 is 5.79 Å². The molecule has 7 heteroatoms. The fourth-order valence-electron chi connectivity index (χ4n) is 4.74. The summed E-state index contributed by atoms with van der Waals surface area (Å²) in [5.41, 5.74) is 0. The van der Waals surface area contributed by atoms with Crippen molar-refractivity contribution < 1.29 is 28.5 Å². The van der Waals surface area contributed by atoms with Crippen LogP contribution in [0.1, 0.15) is 46.0 Å². The molecule has 0 N–H and O–H groups in total. The Labute approximate surface area is 195 Å². The molecule has 176 valence electrons. The molecule has 4 rings (SSSR count). The second-order valence-corrected chi connectivity index (χ2v) is 9.66. The van der Waals surface area contributed by atoms with E-state index >= 15 is 0 Å². The summed E-state index contributed by atoms with van der Waals surface area (Å²) in [6.45, 7) is 5.16. The van der Waals surface area contributed by atoms with Gasteiger partial charge in [0.2, 0.25) is 0 Å². The van der Waals surface area contributed by atoms with Crippen LogP contribution in [0.4, 0.5) is 0 Å². The monoisotopic (exact) mass is 464 g/mol. The van der Waals surface area contributed by atoms with Gasteiger partial charge in [0.25, 0.3) is 0 Å². The lowest BCUT2D eigenvalue weighted by Crippen LogP contribution is -2.53. The van der Waals surface area contributed by atoms with Gasteiger partial charge < -0.3 is 23.7 Å². The first-order chi connectivity index (χ1) is 15.4. The maximum Gasteiger partial charge on any atom is 0.192 e. The van der Waals surface area contributed by atoms with Crippen LogP contribution in [-0.4, -0.2) is 49.9 Å². The predicted octanol–water partition coefficient (Wildman–Crippen LogP) is 4.93. The minimum Gasteiger partial charge on any atom is -0.485 e. The third-order valence-corrected chi connectivity index (χ3v) is 6.58. The summed E-state index contributed by atoms with van der Waals surface area (Å²) in [6, 6.07) is 7.03. The molecule has 0 bridgehead atoms. The Morgan fingerprint density at radius 3 is 2.91 bits per heavy atom. The van der Waals surface area contributed by atoms with E-state index in [4.69, 9.17) is 35.3 Å². The number of hydrogen-bond donors (Lipinski definition) is 0. The summed E-state index contributed by atoms with van der Waals surface area (Å²) in [5.74, 6) is 0.00593. The molecule has 0 aromatic heterocycles. The molecule has 32 heavy (non-hydrogen) atoms. The van der Waals surface area contributed by atoms with Crippen molar-refractivity contribution in [1.29, 1.82) is 0 Å². The molecule has 2 saturated heterocycles. The fraction of sp³-hybridized carbons (Fsp3) is 0.640.